The minimum atomic E-state index is 0.678. The Hall–Kier alpha value is -2.40. The molecule has 0 saturated carbocycles. The zero-order chi connectivity index (χ0) is 15.5. The van der Waals surface area contributed by atoms with Crippen LogP contribution in [0.4, 0.5) is 5.69 Å². The Kier molecular flexibility index (Phi) is 4.06. The second-order valence-electron chi connectivity index (χ2n) is 5.29. The fraction of sp³-hybridized carbons (Fsp3) is 0.176. The molecule has 0 fully saturated rings. The molecule has 0 saturated heterocycles. The van der Waals surface area contributed by atoms with Gasteiger partial charge in [-0.25, -0.2) is 0 Å². The molecule has 0 bridgehead atoms. The summed E-state index contributed by atoms with van der Waals surface area (Å²) < 4.78 is 1.80. The minimum Gasteiger partial charge on any atom is -0.346 e. The van der Waals surface area contributed by atoms with Gasteiger partial charge in [0.05, 0.1) is 12.2 Å². The fourth-order valence-corrected chi connectivity index (χ4v) is 2.58. The molecule has 0 aliphatic heterocycles. The van der Waals surface area contributed by atoms with E-state index < -0.39 is 0 Å². The maximum atomic E-state index is 5.51. The summed E-state index contributed by atoms with van der Waals surface area (Å²) in [5.41, 5.74) is 2.02. The summed E-state index contributed by atoms with van der Waals surface area (Å²) in [7, 11) is 3.88. The Morgan fingerprint density at radius 1 is 1.18 bits per heavy atom. The van der Waals surface area contributed by atoms with Gasteiger partial charge in [0.2, 0.25) is 0 Å². The van der Waals surface area contributed by atoms with E-state index in [-0.39, 0.29) is 0 Å². The zero-order valence-corrected chi connectivity index (χ0v) is 13.5. The van der Waals surface area contributed by atoms with E-state index in [0.717, 1.165) is 11.4 Å². The van der Waals surface area contributed by atoms with Crippen molar-refractivity contribution in [2.45, 2.75) is 6.54 Å². The van der Waals surface area contributed by atoms with Crippen molar-refractivity contribution in [3.63, 3.8) is 0 Å². The number of benzene rings is 2. The third kappa shape index (κ3) is 3.09. The molecule has 22 heavy (non-hydrogen) atoms. The summed E-state index contributed by atoms with van der Waals surface area (Å²) in [6.07, 6.45) is 1.93. The maximum absolute atomic E-state index is 5.51. The molecular formula is C17H18N4S. The first kappa shape index (κ1) is 14.5. The summed E-state index contributed by atoms with van der Waals surface area (Å²) >= 11 is 5.51. The van der Waals surface area contributed by atoms with E-state index in [9.17, 15) is 0 Å². The SMILES string of the molecule is CN(Cc1ccn(C)n1)C(=S)Nc1cccc2ccccc12. The molecule has 4 nitrogen and oxygen atoms in total. The number of hydrogen-bond donors (Lipinski definition) is 1. The van der Waals surface area contributed by atoms with Crippen molar-refractivity contribution in [1.82, 2.24) is 14.7 Å². The predicted octanol–water partition coefficient (Wildman–Crippen LogP) is 3.40. The van der Waals surface area contributed by atoms with Crippen LogP contribution in [0.2, 0.25) is 0 Å². The predicted molar refractivity (Wildman–Crippen MR) is 94.8 cm³/mol. The number of nitrogens with one attached hydrogen (secondary N) is 1. The molecule has 0 spiro atoms. The highest BCUT2D eigenvalue weighted by atomic mass is 32.1. The van der Waals surface area contributed by atoms with Crippen molar-refractivity contribution in [3.8, 4) is 0 Å². The molecule has 1 N–H and O–H groups in total. The topological polar surface area (TPSA) is 33.1 Å². The molecular weight excluding hydrogens is 292 g/mol. The molecule has 0 aliphatic carbocycles. The average molecular weight is 310 g/mol. The molecule has 0 radical (unpaired) electrons. The first-order chi connectivity index (χ1) is 10.6. The first-order valence-corrected chi connectivity index (χ1v) is 7.53. The van der Waals surface area contributed by atoms with Gasteiger partial charge in [-0.2, -0.15) is 5.10 Å². The lowest BCUT2D eigenvalue weighted by Crippen LogP contribution is -2.30. The van der Waals surface area contributed by atoms with Gasteiger partial charge in [-0.1, -0.05) is 36.4 Å². The third-order valence-corrected chi connectivity index (χ3v) is 3.96. The first-order valence-electron chi connectivity index (χ1n) is 7.12. The normalized spacial score (nSPS) is 10.6. The van der Waals surface area contributed by atoms with Crippen molar-refractivity contribution in [1.29, 1.82) is 0 Å². The molecule has 112 valence electrons. The second kappa shape index (κ2) is 6.15. The molecule has 0 unspecified atom stereocenters. The quantitative estimate of drug-likeness (QED) is 0.752. The van der Waals surface area contributed by atoms with Crippen LogP contribution in [0.1, 0.15) is 5.69 Å². The molecule has 3 aromatic rings. The summed E-state index contributed by atoms with van der Waals surface area (Å²) in [6, 6.07) is 16.4. The maximum Gasteiger partial charge on any atom is 0.173 e. The van der Waals surface area contributed by atoms with Crippen molar-refractivity contribution in [3.05, 3.63) is 60.4 Å². The van der Waals surface area contributed by atoms with Gasteiger partial charge in [0.1, 0.15) is 0 Å². The number of nitrogens with zero attached hydrogens (tertiary/aromatic N) is 3. The Morgan fingerprint density at radius 3 is 2.73 bits per heavy atom. The van der Waals surface area contributed by atoms with E-state index >= 15 is 0 Å². The Morgan fingerprint density at radius 2 is 1.95 bits per heavy atom. The smallest absolute Gasteiger partial charge is 0.173 e. The van der Waals surface area contributed by atoms with Gasteiger partial charge in [0.25, 0.3) is 0 Å². The van der Waals surface area contributed by atoms with E-state index in [0.29, 0.717) is 11.7 Å². The Labute approximate surface area is 135 Å². The Bertz CT molecular complexity index is 804. The van der Waals surface area contributed by atoms with Crippen molar-refractivity contribution in [2.24, 2.45) is 7.05 Å². The highest BCUT2D eigenvalue weighted by molar-refractivity contribution is 7.80. The molecule has 5 heteroatoms. The molecule has 0 atom stereocenters. The van der Waals surface area contributed by atoms with Crippen molar-refractivity contribution >= 4 is 33.8 Å². The molecule has 0 aliphatic rings. The number of thiocarbonyl (C=S) groups is 1. The zero-order valence-electron chi connectivity index (χ0n) is 12.7. The van der Waals surface area contributed by atoms with Gasteiger partial charge in [-0.15, -0.1) is 0 Å². The average Bonchev–Trinajstić information content (AvgIpc) is 2.92. The van der Waals surface area contributed by atoms with Crippen LogP contribution in [0.25, 0.3) is 10.8 Å². The third-order valence-electron chi connectivity index (χ3n) is 3.55. The lowest BCUT2D eigenvalue weighted by atomic mass is 10.1. The highest BCUT2D eigenvalue weighted by Gasteiger charge is 2.09. The lowest BCUT2D eigenvalue weighted by molar-refractivity contribution is 0.495. The fourth-order valence-electron chi connectivity index (χ4n) is 2.41. The van der Waals surface area contributed by atoms with Crippen LogP contribution in [0, 0.1) is 0 Å². The van der Waals surface area contributed by atoms with Crippen LogP contribution in [0.15, 0.2) is 54.7 Å². The molecule has 0 amide bonds. The lowest BCUT2D eigenvalue weighted by Gasteiger charge is -2.20. The number of anilines is 1. The Balaban J connectivity index is 1.75. The summed E-state index contributed by atoms with van der Waals surface area (Å²) in [5.74, 6) is 0. The van der Waals surface area contributed by atoms with Crippen molar-refractivity contribution in [2.75, 3.05) is 12.4 Å². The van der Waals surface area contributed by atoms with Gasteiger partial charge >= 0.3 is 0 Å². The number of rotatable bonds is 3. The summed E-state index contributed by atoms with van der Waals surface area (Å²) in [4.78, 5) is 1.99. The number of aryl methyl sites for hydroxylation is 1. The monoisotopic (exact) mass is 310 g/mol. The molecule has 1 heterocycles. The molecule has 1 aromatic heterocycles. The largest absolute Gasteiger partial charge is 0.346 e. The van der Waals surface area contributed by atoms with Crippen LogP contribution in [0.3, 0.4) is 0 Å². The van der Waals surface area contributed by atoms with E-state index in [4.69, 9.17) is 12.2 Å². The standard InChI is InChI=1S/C17H18N4S/c1-20(12-14-10-11-21(2)19-14)17(22)18-16-9-5-7-13-6-3-4-8-15(13)16/h3-11H,12H2,1-2H3,(H,18,22). The van der Waals surface area contributed by atoms with Crippen molar-refractivity contribution < 1.29 is 0 Å². The van der Waals surface area contributed by atoms with Gasteiger partial charge < -0.3 is 10.2 Å². The van der Waals surface area contributed by atoms with Gasteiger partial charge in [-0.05, 0) is 29.7 Å². The van der Waals surface area contributed by atoms with Crippen LogP contribution < -0.4 is 5.32 Å². The highest BCUT2D eigenvalue weighted by Crippen LogP contribution is 2.23. The molecule has 2 aromatic carbocycles. The minimum absolute atomic E-state index is 0.678. The van der Waals surface area contributed by atoms with E-state index in [1.165, 1.54) is 10.8 Å². The van der Waals surface area contributed by atoms with E-state index in [1.807, 2.05) is 55.5 Å². The van der Waals surface area contributed by atoms with Crippen LogP contribution in [-0.2, 0) is 13.6 Å². The number of fused-ring (bicyclic) bond motifs is 1. The summed E-state index contributed by atoms with van der Waals surface area (Å²) in [5, 5.41) is 10.8. The number of aromatic nitrogens is 2. The number of hydrogen-bond acceptors (Lipinski definition) is 2. The van der Waals surface area contributed by atoms with E-state index in [2.05, 4.69) is 28.6 Å². The summed E-state index contributed by atoms with van der Waals surface area (Å²) in [6.45, 7) is 0.678. The van der Waals surface area contributed by atoms with Gasteiger partial charge in [-0.3, -0.25) is 4.68 Å². The molecule has 3 rings (SSSR count). The van der Waals surface area contributed by atoms with E-state index in [1.54, 1.807) is 4.68 Å². The second-order valence-corrected chi connectivity index (χ2v) is 5.68. The van der Waals surface area contributed by atoms with Crippen LogP contribution in [-0.4, -0.2) is 26.8 Å². The van der Waals surface area contributed by atoms with Gasteiger partial charge in [0.15, 0.2) is 5.11 Å². The van der Waals surface area contributed by atoms with Crippen LogP contribution >= 0.6 is 12.2 Å². The van der Waals surface area contributed by atoms with Crippen LogP contribution in [0.5, 0.6) is 0 Å². The van der Waals surface area contributed by atoms with Gasteiger partial charge in [0, 0.05) is 31.4 Å².